The summed E-state index contributed by atoms with van der Waals surface area (Å²) in [6.45, 7) is 4.65. The molecule has 0 saturated carbocycles. The number of rotatable bonds is 8. The number of para-hydroxylation sites is 2. The summed E-state index contributed by atoms with van der Waals surface area (Å²) in [5.41, 5.74) is 1.26. The summed E-state index contributed by atoms with van der Waals surface area (Å²) in [7, 11) is 3.73. The molecule has 0 spiro atoms. The fraction of sp³-hybridized carbons (Fsp3) is 0.450. The average Bonchev–Trinajstić information content (AvgIpc) is 3.22. The van der Waals surface area contributed by atoms with Gasteiger partial charge in [0.1, 0.15) is 0 Å². The number of nitrogens with one attached hydrogen (secondary N) is 1. The van der Waals surface area contributed by atoms with Gasteiger partial charge in [-0.2, -0.15) is 11.3 Å². The number of hydrogen-bond acceptors (Lipinski definition) is 6. The van der Waals surface area contributed by atoms with E-state index in [1.54, 1.807) is 24.5 Å². The first-order valence-electron chi connectivity index (χ1n) is 9.14. The van der Waals surface area contributed by atoms with E-state index >= 15 is 0 Å². The van der Waals surface area contributed by atoms with Crippen LogP contribution in [-0.2, 0) is 4.79 Å². The third-order valence-corrected chi connectivity index (χ3v) is 5.53. The van der Waals surface area contributed by atoms with Crippen molar-refractivity contribution in [3.05, 3.63) is 46.7 Å². The molecular weight excluding hydrogens is 362 g/mol. The van der Waals surface area contributed by atoms with Crippen LogP contribution < -0.4 is 14.8 Å². The van der Waals surface area contributed by atoms with Crippen LogP contribution in [0, 0.1) is 0 Å². The number of benzene rings is 1. The van der Waals surface area contributed by atoms with Crippen LogP contribution in [0.1, 0.15) is 11.6 Å². The van der Waals surface area contributed by atoms with Gasteiger partial charge in [0.15, 0.2) is 18.1 Å². The van der Waals surface area contributed by atoms with Crippen molar-refractivity contribution in [3.8, 4) is 11.5 Å². The van der Waals surface area contributed by atoms with Crippen LogP contribution in [0.25, 0.3) is 0 Å². The lowest BCUT2D eigenvalue weighted by Gasteiger charge is -2.38. The van der Waals surface area contributed by atoms with E-state index in [9.17, 15) is 4.79 Å². The maximum absolute atomic E-state index is 12.3. The molecule has 0 radical (unpaired) electrons. The van der Waals surface area contributed by atoms with Gasteiger partial charge in [-0.3, -0.25) is 9.69 Å². The van der Waals surface area contributed by atoms with Gasteiger partial charge in [0.05, 0.1) is 13.2 Å². The Hall–Kier alpha value is -2.09. The van der Waals surface area contributed by atoms with Crippen molar-refractivity contribution in [2.75, 3.05) is 53.5 Å². The van der Waals surface area contributed by atoms with E-state index in [4.69, 9.17) is 9.47 Å². The number of carbonyl (C=O) groups excluding carboxylic acids is 1. The third kappa shape index (κ3) is 5.45. The molecule has 1 fully saturated rings. The summed E-state index contributed by atoms with van der Waals surface area (Å²) in [6.07, 6.45) is 0. The van der Waals surface area contributed by atoms with Gasteiger partial charge in [0, 0.05) is 32.7 Å². The van der Waals surface area contributed by atoms with Crippen molar-refractivity contribution in [1.29, 1.82) is 0 Å². The van der Waals surface area contributed by atoms with E-state index in [-0.39, 0.29) is 18.6 Å². The van der Waals surface area contributed by atoms with E-state index in [2.05, 4.69) is 39.0 Å². The van der Waals surface area contributed by atoms with E-state index in [1.165, 1.54) is 5.56 Å². The summed E-state index contributed by atoms with van der Waals surface area (Å²) >= 11 is 1.69. The molecule has 3 rings (SSSR count). The predicted octanol–water partition coefficient (Wildman–Crippen LogP) is 2.24. The number of amides is 1. The van der Waals surface area contributed by atoms with Crippen molar-refractivity contribution in [3.63, 3.8) is 0 Å². The zero-order valence-electron chi connectivity index (χ0n) is 15.9. The number of thiophene rings is 1. The second-order valence-corrected chi connectivity index (χ2v) is 7.44. The quantitative estimate of drug-likeness (QED) is 0.750. The number of piperazine rings is 1. The highest BCUT2D eigenvalue weighted by Crippen LogP contribution is 2.26. The van der Waals surface area contributed by atoms with Gasteiger partial charge in [-0.1, -0.05) is 12.1 Å². The van der Waals surface area contributed by atoms with E-state index in [1.807, 2.05) is 18.2 Å². The van der Waals surface area contributed by atoms with E-state index < -0.39 is 0 Å². The highest BCUT2D eigenvalue weighted by Gasteiger charge is 2.24. The third-order valence-electron chi connectivity index (χ3n) is 4.83. The maximum Gasteiger partial charge on any atom is 0.258 e. The van der Waals surface area contributed by atoms with Crippen LogP contribution in [0.3, 0.4) is 0 Å². The van der Waals surface area contributed by atoms with Crippen LogP contribution in [0.15, 0.2) is 41.1 Å². The first kappa shape index (κ1) is 19.7. The number of hydrogen-bond donors (Lipinski definition) is 1. The number of carbonyl (C=O) groups is 1. The van der Waals surface area contributed by atoms with Gasteiger partial charge in [-0.25, -0.2) is 0 Å². The summed E-state index contributed by atoms with van der Waals surface area (Å²) < 4.78 is 10.9. The Balaban J connectivity index is 1.54. The highest BCUT2D eigenvalue weighted by molar-refractivity contribution is 7.07. The SMILES string of the molecule is COc1ccccc1OCC(=O)NC[C@@H](c1ccsc1)N1CCN(C)CC1. The topological polar surface area (TPSA) is 54.0 Å². The molecule has 2 heterocycles. The van der Waals surface area contributed by atoms with Crippen LogP contribution in [0.2, 0.25) is 0 Å². The van der Waals surface area contributed by atoms with E-state index in [0.29, 0.717) is 18.0 Å². The van der Waals surface area contributed by atoms with Gasteiger partial charge in [0.2, 0.25) is 0 Å². The smallest absolute Gasteiger partial charge is 0.258 e. The maximum atomic E-state index is 12.3. The first-order valence-corrected chi connectivity index (χ1v) is 10.1. The fourth-order valence-electron chi connectivity index (χ4n) is 3.20. The van der Waals surface area contributed by atoms with Crippen LogP contribution in [0.5, 0.6) is 11.5 Å². The monoisotopic (exact) mass is 389 g/mol. The lowest BCUT2D eigenvalue weighted by molar-refractivity contribution is -0.123. The summed E-state index contributed by atoms with van der Waals surface area (Å²) in [6, 6.07) is 9.67. The van der Waals surface area contributed by atoms with Gasteiger partial charge in [-0.15, -0.1) is 0 Å². The highest BCUT2D eigenvalue weighted by atomic mass is 32.1. The minimum absolute atomic E-state index is 0.0283. The number of nitrogens with zero attached hydrogens (tertiary/aromatic N) is 2. The predicted molar refractivity (Wildman–Crippen MR) is 108 cm³/mol. The Morgan fingerprint density at radius 3 is 2.59 bits per heavy atom. The molecule has 0 aliphatic carbocycles. The average molecular weight is 390 g/mol. The molecule has 146 valence electrons. The van der Waals surface area contributed by atoms with E-state index in [0.717, 1.165) is 26.2 Å². The fourth-order valence-corrected chi connectivity index (χ4v) is 3.91. The Labute approximate surface area is 164 Å². The van der Waals surface area contributed by atoms with Crippen LogP contribution in [-0.4, -0.2) is 69.2 Å². The second-order valence-electron chi connectivity index (χ2n) is 6.66. The first-order chi connectivity index (χ1) is 13.2. The second kappa shape index (κ2) is 9.73. The van der Waals surface area contributed by atoms with Crippen molar-refractivity contribution < 1.29 is 14.3 Å². The lowest BCUT2D eigenvalue weighted by Crippen LogP contribution is -2.48. The molecule has 0 unspecified atom stereocenters. The van der Waals surface area contributed by atoms with Gasteiger partial charge >= 0.3 is 0 Å². The molecule has 1 aromatic carbocycles. The Bertz CT molecular complexity index is 715. The standard InChI is InChI=1S/C20H27N3O3S/c1-22-8-10-23(11-9-22)17(16-7-12-27-15-16)13-21-20(24)14-26-19-6-4-3-5-18(19)25-2/h3-7,12,15,17H,8-11,13-14H2,1-2H3,(H,21,24)/t17-/m0/s1. The lowest BCUT2D eigenvalue weighted by atomic mass is 10.1. The van der Waals surface area contributed by atoms with Gasteiger partial charge in [-0.05, 0) is 41.6 Å². The summed E-state index contributed by atoms with van der Waals surface area (Å²) in [4.78, 5) is 17.1. The molecule has 1 aliphatic rings. The molecule has 2 aromatic rings. The Morgan fingerprint density at radius 1 is 1.19 bits per heavy atom. The van der Waals surface area contributed by atoms with Crippen molar-refractivity contribution in [2.24, 2.45) is 0 Å². The molecule has 7 heteroatoms. The van der Waals surface area contributed by atoms with Crippen LogP contribution in [0.4, 0.5) is 0 Å². The molecule has 0 bridgehead atoms. The largest absolute Gasteiger partial charge is 0.493 e. The Kier molecular flexibility index (Phi) is 7.09. The number of methoxy groups -OCH3 is 1. The molecular formula is C20H27N3O3S. The summed E-state index contributed by atoms with van der Waals surface area (Å²) in [5.74, 6) is 1.07. The van der Waals surface area contributed by atoms with Crippen LogP contribution >= 0.6 is 11.3 Å². The molecule has 1 atom stereocenters. The summed E-state index contributed by atoms with van der Waals surface area (Å²) in [5, 5.41) is 7.29. The normalized spacial score (nSPS) is 16.7. The molecule has 1 saturated heterocycles. The molecule has 6 nitrogen and oxygen atoms in total. The molecule has 1 N–H and O–H groups in total. The molecule has 1 amide bonds. The number of likely N-dealkylation sites (N-methyl/N-ethyl adjacent to an activating group) is 1. The van der Waals surface area contributed by atoms with Gasteiger partial charge < -0.3 is 19.7 Å². The zero-order valence-corrected chi connectivity index (χ0v) is 16.7. The number of ether oxygens (including phenoxy) is 2. The van der Waals surface area contributed by atoms with Crippen molar-refractivity contribution in [2.45, 2.75) is 6.04 Å². The molecule has 1 aliphatic heterocycles. The minimum Gasteiger partial charge on any atom is -0.493 e. The van der Waals surface area contributed by atoms with Gasteiger partial charge in [0.25, 0.3) is 5.91 Å². The Morgan fingerprint density at radius 2 is 1.93 bits per heavy atom. The molecule has 1 aromatic heterocycles. The zero-order chi connectivity index (χ0) is 19.1. The minimum atomic E-state index is -0.129. The van der Waals surface area contributed by atoms with Crippen molar-refractivity contribution >= 4 is 17.2 Å². The van der Waals surface area contributed by atoms with Crippen molar-refractivity contribution in [1.82, 2.24) is 15.1 Å². The molecule has 27 heavy (non-hydrogen) atoms.